The van der Waals surface area contributed by atoms with Gasteiger partial charge in [-0.2, -0.15) is 0 Å². The van der Waals surface area contributed by atoms with E-state index in [1.165, 1.54) is 26.0 Å². The van der Waals surface area contributed by atoms with Crippen molar-refractivity contribution in [2.24, 2.45) is 11.8 Å². The number of esters is 1. The average molecular weight is 348 g/mol. The standard InChI is InChI=1S/C18H24N2O5/c1-11-7-12(2)10-19(9-11)16-6-5-15(8-17(16)20(23)24)18(22)25-14(4)13(3)21/h5-6,8,11-12,14H,7,9-10H2,1-4H3/t11-,12-,14-/m0/s1. The van der Waals surface area contributed by atoms with E-state index in [2.05, 4.69) is 13.8 Å². The average Bonchev–Trinajstić information content (AvgIpc) is 2.53. The fourth-order valence-electron chi connectivity index (χ4n) is 3.24. The smallest absolute Gasteiger partial charge is 0.339 e. The van der Waals surface area contributed by atoms with Crippen molar-refractivity contribution in [2.75, 3.05) is 18.0 Å². The van der Waals surface area contributed by atoms with Crippen LogP contribution in [0.25, 0.3) is 0 Å². The second-order valence-electron chi connectivity index (χ2n) is 6.97. The molecule has 0 saturated carbocycles. The number of piperidine rings is 1. The molecule has 0 aromatic heterocycles. The Labute approximate surface area is 147 Å². The van der Waals surface area contributed by atoms with E-state index in [0.29, 0.717) is 17.5 Å². The van der Waals surface area contributed by atoms with Crippen LogP contribution in [0.1, 0.15) is 44.5 Å². The van der Waals surface area contributed by atoms with Gasteiger partial charge in [0, 0.05) is 19.2 Å². The van der Waals surface area contributed by atoms with Gasteiger partial charge in [-0.3, -0.25) is 14.9 Å². The molecule has 1 aliphatic rings. The lowest BCUT2D eigenvalue weighted by molar-refractivity contribution is -0.384. The van der Waals surface area contributed by atoms with Crippen molar-refractivity contribution in [1.82, 2.24) is 0 Å². The molecule has 1 heterocycles. The molecule has 7 nitrogen and oxygen atoms in total. The van der Waals surface area contributed by atoms with Gasteiger partial charge >= 0.3 is 5.97 Å². The summed E-state index contributed by atoms with van der Waals surface area (Å²) in [5.41, 5.74) is 0.465. The van der Waals surface area contributed by atoms with Gasteiger partial charge in [0.1, 0.15) is 5.69 Å². The zero-order valence-corrected chi connectivity index (χ0v) is 15.0. The molecule has 136 valence electrons. The summed E-state index contributed by atoms with van der Waals surface area (Å²) < 4.78 is 5.03. The molecule has 0 aliphatic carbocycles. The third-order valence-corrected chi connectivity index (χ3v) is 4.47. The Balaban J connectivity index is 2.30. The molecule has 25 heavy (non-hydrogen) atoms. The maximum atomic E-state index is 12.1. The third-order valence-electron chi connectivity index (χ3n) is 4.47. The van der Waals surface area contributed by atoms with Crippen LogP contribution >= 0.6 is 0 Å². The van der Waals surface area contributed by atoms with Crippen LogP contribution in [-0.4, -0.2) is 35.9 Å². The molecule has 0 unspecified atom stereocenters. The summed E-state index contributed by atoms with van der Waals surface area (Å²) in [6.45, 7) is 8.54. The van der Waals surface area contributed by atoms with Crippen molar-refractivity contribution in [2.45, 2.75) is 40.2 Å². The second kappa shape index (κ2) is 7.63. The highest BCUT2D eigenvalue weighted by Gasteiger charge is 2.28. The monoisotopic (exact) mass is 348 g/mol. The number of benzene rings is 1. The summed E-state index contributed by atoms with van der Waals surface area (Å²) in [6, 6.07) is 4.34. The zero-order chi connectivity index (χ0) is 18.7. The minimum atomic E-state index is -0.880. The fourth-order valence-corrected chi connectivity index (χ4v) is 3.24. The van der Waals surface area contributed by atoms with Crippen LogP contribution in [0.2, 0.25) is 0 Å². The van der Waals surface area contributed by atoms with E-state index in [0.717, 1.165) is 19.5 Å². The molecule has 0 N–H and O–H groups in total. The molecule has 1 fully saturated rings. The first kappa shape index (κ1) is 18.9. The van der Waals surface area contributed by atoms with Gasteiger partial charge in [0.25, 0.3) is 5.69 Å². The molecule has 0 spiro atoms. The van der Waals surface area contributed by atoms with Crippen molar-refractivity contribution in [3.05, 3.63) is 33.9 Å². The number of anilines is 1. The Kier molecular flexibility index (Phi) is 5.77. The number of carbonyl (C=O) groups is 2. The molecule has 2 rings (SSSR count). The van der Waals surface area contributed by atoms with Gasteiger partial charge in [0.15, 0.2) is 11.9 Å². The summed E-state index contributed by atoms with van der Waals surface area (Å²) in [7, 11) is 0. The first-order valence-electron chi connectivity index (χ1n) is 8.43. The van der Waals surface area contributed by atoms with Crippen LogP contribution in [0.3, 0.4) is 0 Å². The molecule has 0 radical (unpaired) electrons. The number of ketones is 1. The van der Waals surface area contributed by atoms with E-state index in [-0.39, 0.29) is 17.0 Å². The summed E-state index contributed by atoms with van der Waals surface area (Å²) in [5, 5.41) is 11.5. The number of Topliss-reactive ketones (excluding diaryl/α,β-unsaturated/α-hetero) is 1. The topological polar surface area (TPSA) is 89.8 Å². The van der Waals surface area contributed by atoms with E-state index in [4.69, 9.17) is 4.74 Å². The van der Waals surface area contributed by atoms with Gasteiger partial charge in [-0.1, -0.05) is 13.8 Å². The molecule has 1 aliphatic heterocycles. The molecule has 7 heteroatoms. The van der Waals surface area contributed by atoms with Gasteiger partial charge in [0.2, 0.25) is 0 Å². The Morgan fingerprint density at radius 1 is 1.28 bits per heavy atom. The molecular weight excluding hydrogens is 324 g/mol. The number of nitrogens with zero attached hydrogens (tertiary/aromatic N) is 2. The van der Waals surface area contributed by atoms with Crippen molar-refractivity contribution < 1.29 is 19.2 Å². The molecule has 1 saturated heterocycles. The fraction of sp³-hybridized carbons (Fsp3) is 0.556. The quantitative estimate of drug-likeness (QED) is 0.461. The maximum Gasteiger partial charge on any atom is 0.339 e. The lowest BCUT2D eigenvalue weighted by atomic mass is 9.91. The first-order valence-corrected chi connectivity index (χ1v) is 8.43. The van der Waals surface area contributed by atoms with Crippen molar-refractivity contribution >= 4 is 23.1 Å². The summed E-state index contributed by atoms with van der Waals surface area (Å²) in [5.74, 6) is -0.123. The number of carbonyl (C=O) groups excluding carboxylic acids is 2. The number of hydrogen-bond acceptors (Lipinski definition) is 6. The number of nitro groups is 1. The lowest BCUT2D eigenvalue weighted by Gasteiger charge is -2.36. The van der Waals surface area contributed by atoms with E-state index >= 15 is 0 Å². The Hall–Kier alpha value is -2.44. The van der Waals surface area contributed by atoms with E-state index in [9.17, 15) is 19.7 Å². The van der Waals surface area contributed by atoms with Gasteiger partial charge in [-0.15, -0.1) is 0 Å². The largest absolute Gasteiger partial charge is 0.451 e. The Morgan fingerprint density at radius 3 is 2.40 bits per heavy atom. The van der Waals surface area contributed by atoms with E-state index < -0.39 is 17.0 Å². The van der Waals surface area contributed by atoms with Crippen molar-refractivity contribution in [3.63, 3.8) is 0 Å². The normalized spacial score (nSPS) is 21.5. The van der Waals surface area contributed by atoms with Crippen LogP contribution in [0, 0.1) is 22.0 Å². The van der Waals surface area contributed by atoms with E-state index in [1.807, 2.05) is 4.90 Å². The second-order valence-corrected chi connectivity index (χ2v) is 6.97. The molecule has 0 bridgehead atoms. The number of nitro benzene ring substituents is 1. The highest BCUT2D eigenvalue weighted by molar-refractivity contribution is 5.93. The number of rotatable bonds is 5. The van der Waals surface area contributed by atoms with Gasteiger partial charge in [-0.05, 0) is 44.2 Å². The van der Waals surface area contributed by atoms with Gasteiger partial charge in [-0.25, -0.2) is 4.79 Å². The van der Waals surface area contributed by atoms with Crippen molar-refractivity contribution in [3.8, 4) is 0 Å². The lowest BCUT2D eigenvalue weighted by Crippen LogP contribution is -2.39. The predicted molar refractivity (Wildman–Crippen MR) is 93.8 cm³/mol. The Bertz CT molecular complexity index is 678. The molecule has 0 amide bonds. The SMILES string of the molecule is CC(=O)[C@H](C)OC(=O)c1ccc(N2C[C@@H](C)C[C@H](C)C2)c([N+](=O)[O-])c1. The molecule has 3 atom stereocenters. The molecule has 1 aromatic rings. The van der Waals surface area contributed by atoms with Crippen LogP contribution in [-0.2, 0) is 9.53 Å². The number of hydrogen-bond donors (Lipinski definition) is 0. The van der Waals surface area contributed by atoms with Gasteiger partial charge in [0.05, 0.1) is 10.5 Å². The Morgan fingerprint density at radius 2 is 1.88 bits per heavy atom. The first-order chi connectivity index (χ1) is 11.7. The summed E-state index contributed by atoms with van der Waals surface area (Å²) in [4.78, 5) is 36.4. The van der Waals surface area contributed by atoms with Crippen LogP contribution in [0.4, 0.5) is 11.4 Å². The predicted octanol–water partition coefficient (Wildman–Crippen LogP) is 3.21. The zero-order valence-electron chi connectivity index (χ0n) is 15.0. The third kappa shape index (κ3) is 4.55. The minimum Gasteiger partial charge on any atom is -0.451 e. The van der Waals surface area contributed by atoms with Crippen LogP contribution < -0.4 is 4.90 Å². The number of ether oxygens (including phenoxy) is 1. The summed E-state index contributed by atoms with van der Waals surface area (Å²) >= 11 is 0. The van der Waals surface area contributed by atoms with E-state index in [1.54, 1.807) is 6.07 Å². The van der Waals surface area contributed by atoms with Gasteiger partial charge < -0.3 is 9.64 Å². The highest BCUT2D eigenvalue weighted by atomic mass is 16.6. The van der Waals surface area contributed by atoms with Crippen LogP contribution in [0.5, 0.6) is 0 Å². The molecular formula is C18H24N2O5. The van der Waals surface area contributed by atoms with Crippen LogP contribution in [0.15, 0.2) is 18.2 Å². The maximum absolute atomic E-state index is 12.1. The minimum absolute atomic E-state index is 0.0710. The highest BCUT2D eigenvalue weighted by Crippen LogP contribution is 2.34. The molecule has 1 aromatic carbocycles. The summed E-state index contributed by atoms with van der Waals surface area (Å²) in [6.07, 6.45) is 0.215. The van der Waals surface area contributed by atoms with Crippen molar-refractivity contribution in [1.29, 1.82) is 0 Å².